The third kappa shape index (κ3) is 4.40. The van der Waals surface area contributed by atoms with Gasteiger partial charge in [0.15, 0.2) is 0 Å². The van der Waals surface area contributed by atoms with Gasteiger partial charge < -0.3 is 14.4 Å². The van der Waals surface area contributed by atoms with Gasteiger partial charge in [-0.05, 0) is 39.0 Å². The molecule has 0 spiro atoms. The van der Waals surface area contributed by atoms with Crippen molar-refractivity contribution in [3.05, 3.63) is 28.7 Å². The van der Waals surface area contributed by atoms with Gasteiger partial charge >= 0.3 is 6.09 Å². The molecule has 4 nitrogen and oxygen atoms in total. The quantitative estimate of drug-likeness (QED) is 0.841. The van der Waals surface area contributed by atoms with Gasteiger partial charge in [-0.15, -0.1) is 0 Å². The van der Waals surface area contributed by atoms with Crippen molar-refractivity contribution in [2.45, 2.75) is 26.4 Å². The van der Waals surface area contributed by atoms with Gasteiger partial charge in [-0.2, -0.15) is 0 Å². The molecule has 0 aliphatic carbocycles. The zero-order valence-electron chi connectivity index (χ0n) is 12.1. The Balaban J connectivity index is 1.71. The normalized spacial score (nSPS) is 15.7. The smallest absolute Gasteiger partial charge is 0.410 e. The number of amides is 1. The highest BCUT2D eigenvalue weighted by atomic mass is 79.9. The highest BCUT2D eigenvalue weighted by Gasteiger charge is 2.33. The van der Waals surface area contributed by atoms with Crippen LogP contribution >= 0.6 is 15.9 Å². The van der Waals surface area contributed by atoms with Crippen molar-refractivity contribution >= 4 is 22.0 Å². The lowest BCUT2D eigenvalue weighted by atomic mass is 10.0. The summed E-state index contributed by atoms with van der Waals surface area (Å²) in [5, 5.41) is 0. The summed E-state index contributed by atoms with van der Waals surface area (Å²) < 4.78 is 12.0. The fraction of sp³-hybridized carbons (Fsp3) is 0.533. The van der Waals surface area contributed by atoms with Gasteiger partial charge in [0.25, 0.3) is 0 Å². The molecule has 1 amide bonds. The Hall–Kier alpha value is -1.23. The van der Waals surface area contributed by atoms with Crippen LogP contribution in [0.3, 0.4) is 0 Å². The molecular formula is C15H20BrNO3. The third-order valence-corrected chi connectivity index (χ3v) is 3.38. The maximum atomic E-state index is 11.8. The number of ether oxygens (including phenoxy) is 2. The molecule has 1 aromatic carbocycles. The second kappa shape index (κ2) is 6.04. The van der Waals surface area contributed by atoms with Crippen molar-refractivity contribution in [2.24, 2.45) is 5.92 Å². The Morgan fingerprint density at radius 3 is 2.70 bits per heavy atom. The Labute approximate surface area is 128 Å². The van der Waals surface area contributed by atoms with E-state index < -0.39 is 5.60 Å². The summed E-state index contributed by atoms with van der Waals surface area (Å²) in [6, 6.07) is 7.76. The van der Waals surface area contributed by atoms with Crippen LogP contribution in [0, 0.1) is 5.92 Å². The lowest BCUT2D eigenvalue weighted by Gasteiger charge is -2.39. The van der Waals surface area contributed by atoms with Gasteiger partial charge in [-0.25, -0.2) is 4.79 Å². The molecule has 0 radical (unpaired) electrons. The van der Waals surface area contributed by atoms with Gasteiger partial charge in [-0.1, -0.05) is 22.0 Å². The number of halogens is 1. The SMILES string of the molecule is CC(C)(C)OC(=O)N1CC(COc2cccc(Br)c2)C1. The van der Waals surface area contributed by atoms with E-state index in [4.69, 9.17) is 9.47 Å². The van der Waals surface area contributed by atoms with E-state index in [1.54, 1.807) is 4.90 Å². The summed E-state index contributed by atoms with van der Waals surface area (Å²) in [5.74, 6) is 1.22. The molecular weight excluding hydrogens is 322 g/mol. The van der Waals surface area contributed by atoms with Crippen LogP contribution < -0.4 is 4.74 Å². The van der Waals surface area contributed by atoms with E-state index >= 15 is 0 Å². The van der Waals surface area contributed by atoms with Crippen LogP contribution in [0.5, 0.6) is 5.75 Å². The van der Waals surface area contributed by atoms with Gasteiger partial charge in [-0.3, -0.25) is 0 Å². The topological polar surface area (TPSA) is 38.8 Å². The van der Waals surface area contributed by atoms with Gasteiger partial charge in [0.2, 0.25) is 0 Å². The molecule has 1 fully saturated rings. The second-order valence-electron chi connectivity index (χ2n) is 6.02. The monoisotopic (exact) mass is 341 g/mol. The zero-order valence-corrected chi connectivity index (χ0v) is 13.6. The third-order valence-electron chi connectivity index (χ3n) is 2.89. The van der Waals surface area contributed by atoms with Gasteiger partial charge in [0.05, 0.1) is 6.61 Å². The predicted octanol–water partition coefficient (Wildman–Crippen LogP) is 3.69. The van der Waals surface area contributed by atoms with Crippen molar-refractivity contribution in [3.63, 3.8) is 0 Å². The number of hydrogen-bond donors (Lipinski definition) is 0. The molecule has 1 aliphatic rings. The standard InChI is InChI=1S/C15H20BrNO3/c1-15(2,3)20-14(18)17-8-11(9-17)10-19-13-6-4-5-12(16)7-13/h4-7,11H,8-10H2,1-3H3. The molecule has 0 N–H and O–H groups in total. The predicted molar refractivity (Wildman–Crippen MR) is 80.9 cm³/mol. The average molecular weight is 342 g/mol. The van der Waals surface area contributed by atoms with Gasteiger partial charge in [0, 0.05) is 23.5 Å². The Bertz CT molecular complexity index is 478. The van der Waals surface area contributed by atoms with Crippen molar-refractivity contribution in [1.29, 1.82) is 0 Å². The van der Waals surface area contributed by atoms with Crippen molar-refractivity contribution < 1.29 is 14.3 Å². The fourth-order valence-corrected chi connectivity index (χ4v) is 2.30. The summed E-state index contributed by atoms with van der Waals surface area (Å²) in [6.07, 6.45) is -0.240. The molecule has 110 valence electrons. The van der Waals surface area contributed by atoms with E-state index in [2.05, 4.69) is 15.9 Å². The maximum Gasteiger partial charge on any atom is 0.410 e. The lowest BCUT2D eigenvalue weighted by molar-refractivity contribution is -0.00781. The summed E-state index contributed by atoms with van der Waals surface area (Å²) in [6.45, 7) is 7.64. The minimum Gasteiger partial charge on any atom is -0.493 e. The van der Waals surface area contributed by atoms with E-state index in [1.165, 1.54) is 0 Å². The van der Waals surface area contributed by atoms with Crippen LogP contribution in [0.15, 0.2) is 28.7 Å². The molecule has 5 heteroatoms. The number of hydrogen-bond acceptors (Lipinski definition) is 3. The lowest BCUT2D eigenvalue weighted by Crippen LogP contribution is -2.53. The van der Waals surface area contributed by atoms with Crippen LogP contribution in [0.2, 0.25) is 0 Å². The summed E-state index contributed by atoms with van der Waals surface area (Å²) >= 11 is 3.41. The first kappa shape index (κ1) is 15.2. The van der Waals surface area contributed by atoms with Crippen LogP contribution in [0.1, 0.15) is 20.8 Å². The van der Waals surface area contributed by atoms with E-state index in [9.17, 15) is 4.79 Å². The number of nitrogens with zero attached hydrogens (tertiary/aromatic N) is 1. The van der Waals surface area contributed by atoms with Crippen molar-refractivity contribution in [2.75, 3.05) is 19.7 Å². The summed E-state index contributed by atoms with van der Waals surface area (Å²) in [5.41, 5.74) is -0.436. The number of benzene rings is 1. The molecule has 1 aliphatic heterocycles. The molecule has 1 heterocycles. The molecule has 1 saturated heterocycles. The van der Waals surface area contributed by atoms with Crippen LogP contribution in [-0.2, 0) is 4.74 Å². The van der Waals surface area contributed by atoms with E-state index in [0.29, 0.717) is 25.6 Å². The van der Waals surface area contributed by atoms with Crippen LogP contribution in [0.25, 0.3) is 0 Å². The Kier molecular flexibility index (Phi) is 4.58. The largest absolute Gasteiger partial charge is 0.493 e. The maximum absolute atomic E-state index is 11.8. The minimum atomic E-state index is -0.436. The Morgan fingerprint density at radius 1 is 1.40 bits per heavy atom. The van der Waals surface area contributed by atoms with E-state index in [0.717, 1.165) is 10.2 Å². The summed E-state index contributed by atoms with van der Waals surface area (Å²) in [4.78, 5) is 13.5. The highest BCUT2D eigenvalue weighted by molar-refractivity contribution is 9.10. The first-order chi connectivity index (χ1) is 9.33. The molecule has 0 unspecified atom stereocenters. The van der Waals surface area contributed by atoms with Gasteiger partial charge in [0.1, 0.15) is 11.4 Å². The van der Waals surface area contributed by atoms with Crippen LogP contribution in [0.4, 0.5) is 4.79 Å². The first-order valence-corrected chi connectivity index (χ1v) is 7.49. The molecule has 2 rings (SSSR count). The molecule has 0 aromatic heterocycles. The van der Waals surface area contributed by atoms with Crippen molar-refractivity contribution in [1.82, 2.24) is 4.90 Å². The Morgan fingerprint density at radius 2 is 2.10 bits per heavy atom. The first-order valence-electron chi connectivity index (χ1n) is 6.70. The number of carbonyl (C=O) groups is 1. The number of carbonyl (C=O) groups excluding carboxylic acids is 1. The van der Waals surface area contributed by atoms with Crippen molar-refractivity contribution in [3.8, 4) is 5.75 Å². The zero-order chi connectivity index (χ0) is 14.8. The highest BCUT2D eigenvalue weighted by Crippen LogP contribution is 2.22. The average Bonchev–Trinajstić information content (AvgIpc) is 2.24. The fourth-order valence-electron chi connectivity index (χ4n) is 1.92. The molecule has 0 saturated carbocycles. The van der Waals surface area contributed by atoms with E-state index in [-0.39, 0.29) is 6.09 Å². The molecule has 1 aromatic rings. The molecule has 0 bridgehead atoms. The molecule has 20 heavy (non-hydrogen) atoms. The number of rotatable bonds is 3. The second-order valence-corrected chi connectivity index (χ2v) is 6.94. The number of likely N-dealkylation sites (tertiary alicyclic amines) is 1. The van der Waals surface area contributed by atoms with Crippen LogP contribution in [-0.4, -0.2) is 36.3 Å². The minimum absolute atomic E-state index is 0.240. The summed E-state index contributed by atoms with van der Waals surface area (Å²) in [7, 11) is 0. The molecule has 0 atom stereocenters. The van der Waals surface area contributed by atoms with E-state index in [1.807, 2.05) is 45.0 Å².